The third kappa shape index (κ3) is 1.94. The van der Waals surface area contributed by atoms with E-state index in [1.165, 1.54) is 12.8 Å². The first kappa shape index (κ1) is 10.7. The molecule has 0 spiro atoms. The summed E-state index contributed by atoms with van der Waals surface area (Å²) in [4.78, 5) is 4.21. The molecule has 0 amide bonds. The molecule has 0 atom stereocenters. The van der Waals surface area contributed by atoms with E-state index in [1.54, 1.807) is 12.3 Å². The number of hydrogen-bond acceptors (Lipinski definition) is 4. The highest BCUT2D eigenvalue weighted by Crippen LogP contribution is 2.33. The van der Waals surface area contributed by atoms with Gasteiger partial charge in [-0.1, -0.05) is 12.8 Å². The molecule has 1 saturated carbocycles. The van der Waals surface area contributed by atoms with Gasteiger partial charge < -0.3 is 11.1 Å². The molecule has 0 aliphatic heterocycles. The van der Waals surface area contributed by atoms with E-state index < -0.39 is 0 Å². The number of nitrogens with one attached hydrogen (secondary N) is 1. The van der Waals surface area contributed by atoms with Crippen LogP contribution in [0.3, 0.4) is 0 Å². The van der Waals surface area contributed by atoms with Gasteiger partial charge in [-0.15, -0.1) is 0 Å². The fourth-order valence-corrected chi connectivity index (χ4v) is 2.24. The number of anilines is 2. The van der Waals surface area contributed by atoms with Crippen molar-refractivity contribution in [1.29, 1.82) is 5.26 Å². The van der Waals surface area contributed by atoms with Gasteiger partial charge in [0.1, 0.15) is 6.07 Å². The Morgan fingerprint density at radius 2 is 2.19 bits per heavy atom. The minimum Gasteiger partial charge on any atom is -0.395 e. The largest absolute Gasteiger partial charge is 0.395 e. The fraction of sp³-hybridized carbons (Fsp3) is 0.500. The Morgan fingerprint density at radius 3 is 2.81 bits per heavy atom. The second kappa shape index (κ2) is 4.01. The van der Waals surface area contributed by atoms with E-state index in [2.05, 4.69) is 23.3 Å². The maximum absolute atomic E-state index is 8.88. The summed E-state index contributed by atoms with van der Waals surface area (Å²) < 4.78 is 0. The van der Waals surface area contributed by atoms with Gasteiger partial charge in [-0.3, -0.25) is 0 Å². The highest BCUT2D eigenvalue weighted by Gasteiger charge is 2.29. The van der Waals surface area contributed by atoms with Crippen LogP contribution in [0.5, 0.6) is 0 Å². The van der Waals surface area contributed by atoms with E-state index in [1.807, 2.05) is 0 Å². The zero-order chi connectivity index (χ0) is 11.6. The fourth-order valence-electron chi connectivity index (χ4n) is 2.24. The Morgan fingerprint density at radius 1 is 1.50 bits per heavy atom. The molecule has 2 rings (SSSR count). The molecule has 1 aliphatic carbocycles. The van der Waals surface area contributed by atoms with E-state index in [4.69, 9.17) is 11.0 Å². The molecule has 0 unspecified atom stereocenters. The number of nitriles is 1. The van der Waals surface area contributed by atoms with Crippen molar-refractivity contribution in [1.82, 2.24) is 4.98 Å². The summed E-state index contributed by atoms with van der Waals surface area (Å²) in [7, 11) is 0. The Balaban J connectivity index is 2.25. The molecule has 1 aliphatic rings. The van der Waals surface area contributed by atoms with Gasteiger partial charge in [0.05, 0.1) is 11.3 Å². The van der Waals surface area contributed by atoms with Crippen molar-refractivity contribution < 1.29 is 0 Å². The van der Waals surface area contributed by atoms with Crippen LogP contribution in [0.25, 0.3) is 0 Å². The predicted molar refractivity (Wildman–Crippen MR) is 63.9 cm³/mol. The van der Waals surface area contributed by atoms with Crippen LogP contribution in [-0.4, -0.2) is 10.5 Å². The van der Waals surface area contributed by atoms with Crippen LogP contribution in [0.1, 0.15) is 38.2 Å². The lowest BCUT2D eigenvalue weighted by atomic mass is 10.0. The van der Waals surface area contributed by atoms with Crippen LogP contribution >= 0.6 is 0 Å². The highest BCUT2D eigenvalue weighted by atomic mass is 15.1. The van der Waals surface area contributed by atoms with Crippen molar-refractivity contribution in [2.75, 3.05) is 11.1 Å². The maximum atomic E-state index is 8.88. The van der Waals surface area contributed by atoms with Crippen molar-refractivity contribution in [2.45, 2.75) is 38.1 Å². The number of aromatic nitrogens is 1. The normalized spacial score (nSPS) is 18.0. The van der Waals surface area contributed by atoms with Crippen LogP contribution < -0.4 is 11.1 Å². The standard InChI is InChI=1S/C12H16N4/c1-12(5-2-3-6-12)16-11-10(14)9(8-13)4-7-15-11/h4,7H,2-3,5-6,14H2,1H3,(H,15,16). The first-order chi connectivity index (χ1) is 7.64. The van der Waals surface area contributed by atoms with Crippen molar-refractivity contribution in [3.63, 3.8) is 0 Å². The van der Waals surface area contributed by atoms with Gasteiger partial charge in [-0.25, -0.2) is 4.98 Å². The molecule has 0 bridgehead atoms. The molecule has 16 heavy (non-hydrogen) atoms. The van der Waals surface area contributed by atoms with E-state index in [0.29, 0.717) is 17.1 Å². The Kier molecular flexibility index (Phi) is 2.69. The van der Waals surface area contributed by atoms with Gasteiger partial charge in [0, 0.05) is 11.7 Å². The number of nitrogens with two attached hydrogens (primary N) is 1. The molecule has 1 aromatic heterocycles. The smallest absolute Gasteiger partial charge is 0.150 e. The molecule has 4 nitrogen and oxygen atoms in total. The molecule has 1 aromatic rings. The van der Waals surface area contributed by atoms with Gasteiger partial charge in [0.15, 0.2) is 5.82 Å². The van der Waals surface area contributed by atoms with Gasteiger partial charge in [0.2, 0.25) is 0 Å². The van der Waals surface area contributed by atoms with Crippen molar-refractivity contribution in [3.05, 3.63) is 17.8 Å². The summed E-state index contributed by atoms with van der Waals surface area (Å²) in [6.45, 7) is 2.18. The highest BCUT2D eigenvalue weighted by molar-refractivity contribution is 5.69. The summed E-state index contributed by atoms with van der Waals surface area (Å²) >= 11 is 0. The number of nitrogens with zero attached hydrogens (tertiary/aromatic N) is 2. The van der Waals surface area contributed by atoms with Crippen molar-refractivity contribution in [2.24, 2.45) is 0 Å². The molecule has 4 heteroatoms. The minimum absolute atomic E-state index is 0.0786. The molecule has 84 valence electrons. The van der Waals surface area contributed by atoms with Crippen LogP contribution in [0, 0.1) is 11.3 Å². The molecule has 0 aromatic carbocycles. The topological polar surface area (TPSA) is 74.7 Å². The van der Waals surface area contributed by atoms with Crippen LogP contribution in [0.4, 0.5) is 11.5 Å². The van der Waals surface area contributed by atoms with E-state index in [-0.39, 0.29) is 5.54 Å². The van der Waals surface area contributed by atoms with E-state index in [0.717, 1.165) is 12.8 Å². The Labute approximate surface area is 95.5 Å². The van der Waals surface area contributed by atoms with Gasteiger partial charge in [-0.2, -0.15) is 5.26 Å². The van der Waals surface area contributed by atoms with Crippen molar-refractivity contribution >= 4 is 11.5 Å². The molecule has 1 fully saturated rings. The van der Waals surface area contributed by atoms with Crippen LogP contribution in [0.15, 0.2) is 12.3 Å². The Hall–Kier alpha value is -1.76. The molecular weight excluding hydrogens is 200 g/mol. The van der Waals surface area contributed by atoms with E-state index >= 15 is 0 Å². The Bertz CT molecular complexity index is 427. The first-order valence-electron chi connectivity index (χ1n) is 5.57. The summed E-state index contributed by atoms with van der Waals surface area (Å²) in [5.41, 5.74) is 6.90. The second-order valence-corrected chi connectivity index (χ2v) is 4.63. The summed E-state index contributed by atoms with van der Waals surface area (Å²) in [5.74, 6) is 0.642. The molecule has 1 heterocycles. The lowest BCUT2D eigenvalue weighted by molar-refractivity contribution is 0.531. The SMILES string of the molecule is CC1(Nc2nccc(C#N)c2N)CCCC1. The number of hydrogen-bond donors (Lipinski definition) is 2. The molecule has 3 N–H and O–H groups in total. The third-order valence-electron chi connectivity index (χ3n) is 3.24. The average molecular weight is 216 g/mol. The van der Waals surface area contributed by atoms with Crippen molar-refractivity contribution in [3.8, 4) is 6.07 Å². The number of nitrogen functional groups attached to an aromatic ring is 1. The quantitative estimate of drug-likeness (QED) is 0.795. The number of rotatable bonds is 2. The monoisotopic (exact) mass is 216 g/mol. The lowest BCUT2D eigenvalue weighted by Gasteiger charge is -2.26. The maximum Gasteiger partial charge on any atom is 0.150 e. The van der Waals surface area contributed by atoms with Gasteiger partial charge >= 0.3 is 0 Å². The molecule has 0 saturated heterocycles. The number of pyridine rings is 1. The third-order valence-corrected chi connectivity index (χ3v) is 3.24. The molecule has 0 radical (unpaired) electrons. The predicted octanol–water partition coefficient (Wildman–Crippen LogP) is 2.28. The lowest BCUT2D eigenvalue weighted by Crippen LogP contribution is -2.31. The van der Waals surface area contributed by atoms with Gasteiger partial charge in [-0.05, 0) is 25.8 Å². The zero-order valence-electron chi connectivity index (χ0n) is 9.45. The summed E-state index contributed by atoms with van der Waals surface area (Å²) in [6, 6.07) is 3.70. The summed E-state index contributed by atoms with van der Waals surface area (Å²) in [5, 5.41) is 12.3. The van der Waals surface area contributed by atoms with E-state index in [9.17, 15) is 0 Å². The zero-order valence-corrected chi connectivity index (χ0v) is 9.45. The second-order valence-electron chi connectivity index (χ2n) is 4.63. The summed E-state index contributed by atoms with van der Waals surface area (Å²) in [6.07, 6.45) is 6.36. The molecular formula is C12H16N4. The average Bonchev–Trinajstić information content (AvgIpc) is 2.68. The minimum atomic E-state index is 0.0786. The van der Waals surface area contributed by atoms with Crippen LogP contribution in [-0.2, 0) is 0 Å². The van der Waals surface area contributed by atoms with Crippen LogP contribution in [0.2, 0.25) is 0 Å². The first-order valence-corrected chi connectivity index (χ1v) is 5.57. The van der Waals surface area contributed by atoms with Gasteiger partial charge in [0.25, 0.3) is 0 Å².